The fourth-order valence-corrected chi connectivity index (χ4v) is 3.33. The van der Waals surface area contributed by atoms with Crippen LogP contribution in [0.5, 0.6) is 0 Å². The maximum Gasteiger partial charge on any atom is 0.225 e. The minimum absolute atomic E-state index is 0.0578. The van der Waals surface area contributed by atoms with E-state index in [4.69, 9.17) is 0 Å². The number of piperidine rings is 1. The van der Waals surface area contributed by atoms with Crippen LogP contribution in [0.4, 0.5) is 0 Å². The lowest BCUT2D eigenvalue weighted by Gasteiger charge is -2.31. The van der Waals surface area contributed by atoms with Crippen LogP contribution in [0.15, 0.2) is 16.8 Å². The van der Waals surface area contributed by atoms with Gasteiger partial charge in [0.25, 0.3) is 0 Å². The molecule has 1 aliphatic rings. The Morgan fingerprint density at radius 1 is 1.55 bits per heavy atom. The molecule has 0 bridgehead atoms. The maximum absolute atomic E-state index is 12.3. The molecule has 4 nitrogen and oxygen atoms in total. The molecule has 2 atom stereocenters. The van der Waals surface area contributed by atoms with Crippen molar-refractivity contribution in [3.05, 3.63) is 22.4 Å². The molecular formula is C15H22N2O2S. The second kappa shape index (κ2) is 6.88. The van der Waals surface area contributed by atoms with Crippen LogP contribution in [0, 0.1) is 5.92 Å². The van der Waals surface area contributed by atoms with E-state index >= 15 is 0 Å². The van der Waals surface area contributed by atoms with Gasteiger partial charge in [-0.15, -0.1) is 0 Å². The summed E-state index contributed by atoms with van der Waals surface area (Å²) in [6, 6.07) is 2.22. The van der Waals surface area contributed by atoms with Gasteiger partial charge in [-0.3, -0.25) is 9.59 Å². The number of rotatable bonds is 4. The van der Waals surface area contributed by atoms with Crippen molar-refractivity contribution in [2.45, 2.75) is 39.2 Å². The molecule has 0 spiro atoms. The van der Waals surface area contributed by atoms with E-state index in [1.54, 1.807) is 23.2 Å². The van der Waals surface area contributed by atoms with Gasteiger partial charge in [-0.25, -0.2) is 0 Å². The summed E-state index contributed by atoms with van der Waals surface area (Å²) in [4.78, 5) is 25.4. The van der Waals surface area contributed by atoms with E-state index in [1.165, 1.54) is 5.56 Å². The average Bonchev–Trinajstić information content (AvgIpc) is 2.91. The molecule has 110 valence electrons. The van der Waals surface area contributed by atoms with E-state index in [2.05, 4.69) is 22.1 Å². The Morgan fingerprint density at radius 2 is 2.35 bits per heavy atom. The second-order valence-electron chi connectivity index (χ2n) is 5.55. The van der Waals surface area contributed by atoms with Crippen molar-refractivity contribution < 1.29 is 9.59 Å². The van der Waals surface area contributed by atoms with Gasteiger partial charge in [0, 0.05) is 26.1 Å². The lowest BCUT2D eigenvalue weighted by atomic mass is 9.96. The summed E-state index contributed by atoms with van der Waals surface area (Å²) >= 11 is 1.68. The number of hydrogen-bond donors (Lipinski definition) is 1. The Bertz CT molecular complexity index is 458. The first-order valence-corrected chi connectivity index (χ1v) is 8.07. The highest BCUT2D eigenvalue weighted by Gasteiger charge is 2.27. The van der Waals surface area contributed by atoms with Crippen molar-refractivity contribution in [3.63, 3.8) is 0 Å². The molecular weight excluding hydrogens is 272 g/mol. The highest BCUT2D eigenvalue weighted by atomic mass is 32.1. The molecule has 0 aliphatic carbocycles. The molecule has 2 heterocycles. The highest BCUT2D eigenvalue weighted by molar-refractivity contribution is 7.07. The predicted molar refractivity (Wildman–Crippen MR) is 80.6 cm³/mol. The Labute approximate surface area is 124 Å². The monoisotopic (exact) mass is 294 g/mol. The Kier molecular flexibility index (Phi) is 5.17. The zero-order valence-electron chi connectivity index (χ0n) is 12.1. The number of thiophene rings is 1. The van der Waals surface area contributed by atoms with E-state index in [9.17, 15) is 9.59 Å². The lowest BCUT2D eigenvalue weighted by Crippen LogP contribution is -2.46. The molecule has 2 amide bonds. The normalized spacial score (nSPS) is 20.5. The molecule has 0 radical (unpaired) electrons. The minimum atomic E-state index is -0.0578. The van der Waals surface area contributed by atoms with Gasteiger partial charge < -0.3 is 10.2 Å². The van der Waals surface area contributed by atoms with Crippen molar-refractivity contribution in [2.24, 2.45) is 5.92 Å². The predicted octanol–water partition coefficient (Wildman–Crippen LogP) is 2.05. The Hall–Kier alpha value is -1.36. The first-order valence-electron chi connectivity index (χ1n) is 7.13. The van der Waals surface area contributed by atoms with Crippen LogP contribution < -0.4 is 5.32 Å². The molecule has 0 saturated carbocycles. The van der Waals surface area contributed by atoms with E-state index in [0.29, 0.717) is 6.54 Å². The van der Waals surface area contributed by atoms with Crippen molar-refractivity contribution in [1.82, 2.24) is 10.2 Å². The largest absolute Gasteiger partial charge is 0.353 e. The van der Waals surface area contributed by atoms with E-state index in [0.717, 1.165) is 25.8 Å². The standard InChI is InChI=1S/C15H22N2O2S/c1-11(8-13-5-7-20-10-13)16-15(19)14-4-3-6-17(9-14)12(2)18/h5,7,10-11,14H,3-4,6,8-9H2,1-2H3,(H,16,19)/t11-,14-/m1/s1. The number of nitrogens with zero attached hydrogens (tertiary/aromatic N) is 1. The van der Waals surface area contributed by atoms with Gasteiger partial charge >= 0.3 is 0 Å². The van der Waals surface area contributed by atoms with E-state index in [-0.39, 0.29) is 23.8 Å². The third kappa shape index (κ3) is 4.07. The van der Waals surface area contributed by atoms with E-state index in [1.807, 2.05) is 6.92 Å². The van der Waals surface area contributed by atoms with Crippen molar-refractivity contribution in [2.75, 3.05) is 13.1 Å². The summed E-state index contributed by atoms with van der Waals surface area (Å²) in [6.45, 7) is 4.94. The maximum atomic E-state index is 12.3. The van der Waals surface area contributed by atoms with Gasteiger partial charge in [0.05, 0.1) is 5.92 Å². The van der Waals surface area contributed by atoms with Crippen LogP contribution in [0.1, 0.15) is 32.3 Å². The number of carbonyl (C=O) groups excluding carboxylic acids is 2. The zero-order valence-corrected chi connectivity index (χ0v) is 12.9. The molecule has 1 saturated heterocycles. The quantitative estimate of drug-likeness (QED) is 0.924. The van der Waals surface area contributed by atoms with Crippen LogP contribution >= 0.6 is 11.3 Å². The SMILES string of the molecule is CC(=O)N1CCC[C@@H](C(=O)N[C@H](C)Cc2ccsc2)C1. The summed E-state index contributed by atoms with van der Waals surface area (Å²) < 4.78 is 0. The Balaban J connectivity index is 1.83. The van der Waals surface area contributed by atoms with Crippen LogP contribution in [0.25, 0.3) is 0 Å². The average molecular weight is 294 g/mol. The molecule has 1 aromatic rings. The van der Waals surface area contributed by atoms with E-state index < -0.39 is 0 Å². The van der Waals surface area contributed by atoms with Crippen molar-refractivity contribution in [3.8, 4) is 0 Å². The van der Waals surface area contributed by atoms with Crippen LogP contribution in [-0.4, -0.2) is 35.8 Å². The summed E-state index contributed by atoms with van der Waals surface area (Å²) in [7, 11) is 0. The van der Waals surface area contributed by atoms with Gasteiger partial charge in [0.2, 0.25) is 11.8 Å². The molecule has 0 aromatic carbocycles. The molecule has 2 rings (SSSR count). The van der Waals surface area contributed by atoms with Gasteiger partial charge in [0.15, 0.2) is 0 Å². The number of nitrogens with one attached hydrogen (secondary N) is 1. The number of likely N-dealkylation sites (tertiary alicyclic amines) is 1. The van der Waals surface area contributed by atoms with Gasteiger partial charge in [-0.05, 0) is 48.6 Å². The molecule has 1 N–H and O–H groups in total. The second-order valence-corrected chi connectivity index (χ2v) is 6.33. The van der Waals surface area contributed by atoms with Gasteiger partial charge in [-0.2, -0.15) is 11.3 Å². The fraction of sp³-hybridized carbons (Fsp3) is 0.600. The first kappa shape index (κ1) is 15.0. The zero-order chi connectivity index (χ0) is 14.5. The van der Waals surface area contributed by atoms with Crippen LogP contribution in [0.2, 0.25) is 0 Å². The summed E-state index contributed by atoms with van der Waals surface area (Å²) in [6.07, 6.45) is 2.65. The van der Waals surface area contributed by atoms with Gasteiger partial charge in [-0.1, -0.05) is 0 Å². The van der Waals surface area contributed by atoms with Crippen molar-refractivity contribution in [1.29, 1.82) is 0 Å². The molecule has 1 fully saturated rings. The third-order valence-electron chi connectivity index (χ3n) is 3.75. The molecule has 20 heavy (non-hydrogen) atoms. The van der Waals surface area contributed by atoms with Crippen LogP contribution in [-0.2, 0) is 16.0 Å². The smallest absolute Gasteiger partial charge is 0.225 e. The fourth-order valence-electron chi connectivity index (χ4n) is 2.65. The number of carbonyl (C=O) groups is 2. The molecule has 5 heteroatoms. The topological polar surface area (TPSA) is 49.4 Å². The Morgan fingerprint density at radius 3 is 3.00 bits per heavy atom. The molecule has 1 aliphatic heterocycles. The highest BCUT2D eigenvalue weighted by Crippen LogP contribution is 2.17. The summed E-state index contributed by atoms with van der Waals surface area (Å²) in [5, 5.41) is 7.24. The summed E-state index contributed by atoms with van der Waals surface area (Å²) in [5.74, 6) is 0.0880. The lowest BCUT2D eigenvalue weighted by molar-refractivity contribution is -0.134. The van der Waals surface area contributed by atoms with Crippen LogP contribution in [0.3, 0.4) is 0 Å². The van der Waals surface area contributed by atoms with Crippen molar-refractivity contribution >= 4 is 23.2 Å². The number of hydrogen-bond acceptors (Lipinski definition) is 3. The summed E-state index contributed by atoms with van der Waals surface area (Å²) in [5.41, 5.74) is 1.26. The molecule has 0 unspecified atom stereocenters. The minimum Gasteiger partial charge on any atom is -0.353 e. The van der Waals surface area contributed by atoms with Gasteiger partial charge in [0.1, 0.15) is 0 Å². The number of amides is 2. The first-order chi connectivity index (χ1) is 9.56. The third-order valence-corrected chi connectivity index (χ3v) is 4.48. The molecule has 1 aromatic heterocycles.